The van der Waals surface area contributed by atoms with Gasteiger partial charge >= 0.3 is 0 Å². The average Bonchev–Trinajstić information content (AvgIpc) is 2.82. The minimum Gasteiger partial charge on any atom is -0.325 e. The number of benzene rings is 1. The first-order valence-electron chi connectivity index (χ1n) is 5.89. The van der Waals surface area contributed by atoms with Crippen LogP contribution in [0, 0.1) is 6.92 Å². The number of fused-ring (bicyclic) bond motifs is 1. The van der Waals surface area contributed by atoms with Crippen molar-refractivity contribution in [3.05, 3.63) is 53.9 Å². The first-order valence-corrected chi connectivity index (χ1v) is 5.89. The van der Waals surface area contributed by atoms with Crippen LogP contribution >= 0.6 is 0 Å². The van der Waals surface area contributed by atoms with Crippen LogP contribution in [0.15, 0.2) is 42.6 Å². The molecule has 0 radical (unpaired) electrons. The van der Waals surface area contributed by atoms with Crippen LogP contribution < -0.4 is 5.73 Å². The summed E-state index contributed by atoms with van der Waals surface area (Å²) in [7, 11) is 0. The highest BCUT2D eigenvalue weighted by Crippen LogP contribution is 2.22. The zero-order valence-electron chi connectivity index (χ0n) is 10.2. The molecule has 4 nitrogen and oxygen atoms in total. The number of aryl methyl sites for hydroxylation is 1. The molecular weight excluding hydrogens is 224 g/mol. The van der Waals surface area contributed by atoms with Gasteiger partial charge in [0.1, 0.15) is 0 Å². The Bertz CT molecular complexity index is 700. The van der Waals surface area contributed by atoms with E-state index < -0.39 is 0 Å². The fourth-order valence-corrected chi connectivity index (χ4v) is 2.09. The molecule has 18 heavy (non-hydrogen) atoms. The topological polar surface area (TPSA) is 56.2 Å². The predicted octanol–water partition coefficient (Wildman–Crippen LogP) is 2.16. The van der Waals surface area contributed by atoms with Gasteiger partial charge in [0.15, 0.2) is 5.65 Å². The maximum absolute atomic E-state index is 5.71. The lowest BCUT2D eigenvalue weighted by Crippen LogP contribution is -2.05. The zero-order chi connectivity index (χ0) is 12.5. The summed E-state index contributed by atoms with van der Waals surface area (Å²) in [5.74, 6) is 0. The second-order valence-corrected chi connectivity index (χ2v) is 4.25. The molecule has 3 rings (SSSR count). The Morgan fingerprint density at radius 1 is 1.22 bits per heavy atom. The smallest absolute Gasteiger partial charge is 0.155 e. The third-order valence-corrected chi connectivity index (χ3v) is 3.07. The number of nitrogens with two attached hydrogens (primary N) is 1. The standard InChI is InChI=1S/C14H14N4/c1-10-4-2-3-5-12(10)13-8-14-16-7-6-11(9-15)18(14)17-13/h2-8H,9,15H2,1H3. The van der Waals surface area contributed by atoms with E-state index in [0.717, 1.165) is 22.6 Å². The molecule has 2 heterocycles. The summed E-state index contributed by atoms with van der Waals surface area (Å²) < 4.78 is 1.81. The van der Waals surface area contributed by atoms with Crippen molar-refractivity contribution in [2.45, 2.75) is 13.5 Å². The molecule has 0 aliphatic heterocycles. The molecule has 0 atom stereocenters. The number of rotatable bonds is 2. The molecule has 0 fully saturated rings. The first kappa shape index (κ1) is 10.9. The second kappa shape index (κ2) is 4.23. The number of hydrogen-bond acceptors (Lipinski definition) is 3. The van der Waals surface area contributed by atoms with Gasteiger partial charge in [-0.25, -0.2) is 9.50 Å². The Kier molecular flexibility index (Phi) is 2.57. The predicted molar refractivity (Wildman–Crippen MR) is 71.1 cm³/mol. The van der Waals surface area contributed by atoms with E-state index >= 15 is 0 Å². The molecule has 1 aromatic carbocycles. The third-order valence-electron chi connectivity index (χ3n) is 3.07. The molecule has 0 saturated carbocycles. The van der Waals surface area contributed by atoms with Gasteiger partial charge in [0.2, 0.25) is 0 Å². The summed E-state index contributed by atoms with van der Waals surface area (Å²) in [4.78, 5) is 4.31. The van der Waals surface area contributed by atoms with E-state index in [-0.39, 0.29) is 0 Å². The van der Waals surface area contributed by atoms with E-state index in [4.69, 9.17) is 5.73 Å². The van der Waals surface area contributed by atoms with E-state index in [1.165, 1.54) is 5.56 Å². The van der Waals surface area contributed by atoms with Crippen molar-refractivity contribution < 1.29 is 0 Å². The molecule has 0 saturated heterocycles. The van der Waals surface area contributed by atoms with E-state index in [0.29, 0.717) is 6.54 Å². The maximum Gasteiger partial charge on any atom is 0.155 e. The highest BCUT2D eigenvalue weighted by atomic mass is 15.3. The van der Waals surface area contributed by atoms with Gasteiger partial charge in [-0.15, -0.1) is 0 Å². The summed E-state index contributed by atoms with van der Waals surface area (Å²) in [6.07, 6.45) is 1.76. The van der Waals surface area contributed by atoms with Crippen molar-refractivity contribution in [2.75, 3.05) is 0 Å². The second-order valence-electron chi connectivity index (χ2n) is 4.25. The molecule has 0 amide bonds. The van der Waals surface area contributed by atoms with Crippen molar-refractivity contribution in [2.24, 2.45) is 5.73 Å². The molecule has 4 heteroatoms. The lowest BCUT2D eigenvalue weighted by Gasteiger charge is -2.01. The molecule has 0 spiro atoms. The molecule has 0 unspecified atom stereocenters. The van der Waals surface area contributed by atoms with Crippen LogP contribution in [0.3, 0.4) is 0 Å². The normalized spacial score (nSPS) is 11.0. The van der Waals surface area contributed by atoms with Crippen LogP contribution in [0.2, 0.25) is 0 Å². The quantitative estimate of drug-likeness (QED) is 0.744. The summed E-state index contributed by atoms with van der Waals surface area (Å²) >= 11 is 0. The van der Waals surface area contributed by atoms with Crippen molar-refractivity contribution in [3.63, 3.8) is 0 Å². The maximum atomic E-state index is 5.71. The summed E-state index contributed by atoms with van der Waals surface area (Å²) in [5.41, 5.74) is 10.8. The Labute approximate surface area is 105 Å². The first-order chi connectivity index (χ1) is 8.79. The highest BCUT2D eigenvalue weighted by Gasteiger charge is 2.08. The van der Waals surface area contributed by atoms with Crippen LogP contribution in [-0.2, 0) is 6.54 Å². The lowest BCUT2D eigenvalue weighted by molar-refractivity contribution is 0.838. The molecule has 3 aromatic rings. The number of aromatic nitrogens is 3. The number of nitrogens with zero attached hydrogens (tertiary/aromatic N) is 3. The van der Waals surface area contributed by atoms with Gasteiger partial charge in [-0.2, -0.15) is 5.10 Å². The molecular formula is C14H14N4. The zero-order valence-corrected chi connectivity index (χ0v) is 10.2. The number of hydrogen-bond donors (Lipinski definition) is 1. The molecule has 0 aliphatic carbocycles. The van der Waals surface area contributed by atoms with E-state index in [1.54, 1.807) is 6.20 Å². The fourth-order valence-electron chi connectivity index (χ4n) is 2.09. The van der Waals surface area contributed by atoms with Gasteiger partial charge < -0.3 is 5.73 Å². The van der Waals surface area contributed by atoms with Crippen molar-refractivity contribution in [1.29, 1.82) is 0 Å². The van der Waals surface area contributed by atoms with Gasteiger partial charge in [0, 0.05) is 24.4 Å². The summed E-state index contributed by atoms with van der Waals surface area (Å²) in [6, 6.07) is 12.1. The van der Waals surface area contributed by atoms with E-state index in [9.17, 15) is 0 Å². The molecule has 0 bridgehead atoms. The molecule has 2 aromatic heterocycles. The minimum atomic E-state index is 0.452. The van der Waals surface area contributed by atoms with Gasteiger partial charge in [-0.1, -0.05) is 24.3 Å². The van der Waals surface area contributed by atoms with Crippen LogP contribution in [0.1, 0.15) is 11.3 Å². The Hall–Kier alpha value is -2.20. The van der Waals surface area contributed by atoms with Crippen molar-refractivity contribution in [3.8, 4) is 11.3 Å². The van der Waals surface area contributed by atoms with Crippen molar-refractivity contribution in [1.82, 2.24) is 14.6 Å². The summed E-state index contributed by atoms with van der Waals surface area (Å²) in [6.45, 7) is 2.53. The molecule has 90 valence electrons. The Morgan fingerprint density at radius 2 is 2.06 bits per heavy atom. The molecule has 0 aliphatic rings. The third kappa shape index (κ3) is 1.67. The Morgan fingerprint density at radius 3 is 2.83 bits per heavy atom. The molecule has 2 N–H and O–H groups in total. The highest BCUT2D eigenvalue weighted by molar-refractivity contribution is 5.67. The van der Waals surface area contributed by atoms with Gasteiger partial charge in [-0.05, 0) is 18.6 Å². The van der Waals surface area contributed by atoms with Crippen LogP contribution in [0.4, 0.5) is 0 Å². The van der Waals surface area contributed by atoms with Crippen LogP contribution in [0.25, 0.3) is 16.9 Å². The minimum absolute atomic E-state index is 0.452. The van der Waals surface area contributed by atoms with Gasteiger partial charge in [0.05, 0.1) is 11.4 Å². The largest absolute Gasteiger partial charge is 0.325 e. The van der Waals surface area contributed by atoms with Crippen LogP contribution in [-0.4, -0.2) is 14.6 Å². The van der Waals surface area contributed by atoms with Crippen LogP contribution in [0.5, 0.6) is 0 Å². The van der Waals surface area contributed by atoms with E-state index in [2.05, 4.69) is 29.1 Å². The van der Waals surface area contributed by atoms with E-state index in [1.807, 2.05) is 28.8 Å². The Balaban J connectivity index is 2.23. The fraction of sp³-hybridized carbons (Fsp3) is 0.143. The van der Waals surface area contributed by atoms with Crippen molar-refractivity contribution >= 4 is 5.65 Å². The summed E-state index contributed by atoms with van der Waals surface area (Å²) in [5, 5.41) is 4.59. The van der Waals surface area contributed by atoms with Gasteiger partial charge in [0.25, 0.3) is 0 Å². The lowest BCUT2D eigenvalue weighted by atomic mass is 10.1. The monoisotopic (exact) mass is 238 g/mol. The average molecular weight is 238 g/mol. The SMILES string of the molecule is Cc1ccccc1-c1cc2nccc(CN)n2n1. The van der Waals surface area contributed by atoms with Gasteiger partial charge in [-0.3, -0.25) is 0 Å².